The average molecular weight is 382 g/mol. The van der Waals surface area contributed by atoms with Gasteiger partial charge in [0.15, 0.2) is 0 Å². The summed E-state index contributed by atoms with van der Waals surface area (Å²) >= 11 is 0. The van der Waals surface area contributed by atoms with Crippen molar-refractivity contribution in [3.05, 3.63) is 84.4 Å². The number of imide groups is 1. The predicted octanol–water partition coefficient (Wildman–Crippen LogP) is 4.70. The Bertz CT molecular complexity index is 1110. The number of rotatable bonds is 3. The van der Waals surface area contributed by atoms with E-state index in [-0.39, 0.29) is 17.9 Å². The lowest BCUT2D eigenvalue weighted by Gasteiger charge is -2.38. The molecule has 0 aliphatic carbocycles. The molecule has 4 heteroatoms. The van der Waals surface area contributed by atoms with E-state index in [2.05, 4.69) is 35.2 Å². The largest absolute Gasteiger partial charge is 0.364 e. The lowest BCUT2D eigenvalue weighted by atomic mass is 9.93. The fourth-order valence-electron chi connectivity index (χ4n) is 4.55. The summed E-state index contributed by atoms with van der Waals surface area (Å²) in [6.45, 7) is 0.878. The van der Waals surface area contributed by atoms with Crippen molar-refractivity contribution in [3.8, 4) is 0 Å². The first-order valence-corrected chi connectivity index (χ1v) is 10.1. The van der Waals surface area contributed by atoms with Gasteiger partial charge in [0.1, 0.15) is 0 Å². The Morgan fingerprint density at radius 2 is 1.55 bits per heavy atom. The van der Waals surface area contributed by atoms with Crippen molar-refractivity contribution in [1.29, 1.82) is 0 Å². The first-order chi connectivity index (χ1) is 14.2. The second-order valence-electron chi connectivity index (χ2n) is 7.62. The Hall–Kier alpha value is -3.40. The molecule has 0 aromatic heterocycles. The van der Waals surface area contributed by atoms with Gasteiger partial charge < -0.3 is 4.90 Å². The van der Waals surface area contributed by atoms with Gasteiger partial charge in [-0.2, -0.15) is 0 Å². The molecule has 0 saturated carbocycles. The third kappa shape index (κ3) is 3.01. The van der Waals surface area contributed by atoms with Crippen molar-refractivity contribution in [1.82, 2.24) is 0 Å². The number of anilines is 2. The molecule has 29 heavy (non-hydrogen) atoms. The molecule has 2 aliphatic rings. The van der Waals surface area contributed by atoms with Gasteiger partial charge in [-0.15, -0.1) is 0 Å². The van der Waals surface area contributed by atoms with Gasteiger partial charge in [-0.05, 0) is 42.8 Å². The molecule has 2 aliphatic heterocycles. The third-order valence-corrected chi connectivity index (χ3v) is 5.90. The maximum atomic E-state index is 13.3. The lowest BCUT2D eigenvalue weighted by molar-refractivity contribution is -0.120. The fraction of sp³-hybridized carbons (Fsp3) is 0.200. The van der Waals surface area contributed by atoms with Crippen molar-refractivity contribution in [2.24, 2.45) is 0 Å². The standard InChI is InChI=1S/C25H22N2O2/c28-24-17-21(25(29)27(24)19-11-2-1-3-12-19)23-14-6-7-16-26(23)22-15-8-10-18-9-4-5-13-20(18)22/h1-5,8-13,15,17,23H,6-7,14,16H2. The van der Waals surface area contributed by atoms with Crippen LogP contribution in [0.1, 0.15) is 19.3 Å². The minimum atomic E-state index is -0.250. The van der Waals surface area contributed by atoms with Crippen LogP contribution in [0.15, 0.2) is 84.4 Å². The molecule has 0 radical (unpaired) electrons. The predicted molar refractivity (Wildman–Crippen MR) is 116 cm³/mol. The van der Waals surface area contributed by atoms with Crippen LogP contribution in [-0.4, -0.2) is 24.4 Å². The van der Waals surface area contributed by atoms with Crippen LogP contribution in [0.25, 0.3) is 10.8 Å². The van der Waals surface area contributed by atoms with E-state index in [9.17, 15) is 9.59 Å². The molecule has 1 unspecified atom stereocenters. The summed E-state index contributed by atoms with van der Waals surface area (Å²) in [5.74, 6) is -0.446. The summed E-state index contributed by atoms with van der Waals surface area (Å²) in [6, 6.07) is 23.7. The van der Waals surface area contributed by atoms with Crippen LogP contribution >= 0.6 is 0 Å². The molecule has 5 rings (SSSR count). The van der Waals surface area contributed by atoms with Gasteiger partial charge in [-0.3, -0.25) is 9.59 Å². The summed E-state index contributed by atoms with van der Waals surface area (Å²) in [6.07, 6.45) is 4.55. The second-order valence-corrected chi connectivity index (χ2v) is 7.62. The van der Waals surface area contributed by atoms with Crippen LogP contribution in [0, 0.1) is 0 Å². The molecule has 1 atom stereocenters. The maximum absolute atomic E-state index is 13.3. The van der Waals surface area contributed by atoms with E-state index in [1.165, 1.54) is 15.7 Å². The number of para-hydroxylation sites is 1. The van der Waals surface area contributed by atoms with E-state index in [1.807, 2.05) is 30.3 Å². The Kier molecular flexibility index (Phi) is 4.39. The number of piperidine rings is 1. The molecular formula is C25H22N2O2. The molecule has 2 amide bonds. The van der Waals surface area contributed by atoms with Crippen LogP contribution in [-0.2, 0) is 9.59 Å². The lowest BCUT2D eigenvalue weighted by Crippen LogP contribution is -2.44. The number of benzene rings is 3. The van der Waals surface area contributed by atoms with Crippen LogP contribution in [0.3, 0.4) is 0 Å². The van der Waals surface area contributed by atoms with Crippen LogP contribution in [0.4, 0.5) is 11.4 Å². The zero-order valence-corrected chi connectivity index (χ0v) is 16.1. The normalized spacial score (nSPS) is 19.7. The van der Waals surface area contributed by atoms with Crippen molar-refractivity contribution >= 4 is 34.0 Å². The zero-order chi connectivity index (χ0) is 19.8. The Morgan fingerprint density at radius 1 is 0.793 bits per heavy atom. The molecular weight excluding hydrogens is 360 g/mol. The third-order valence-electron chi connectivity index (χ3n) is 5.90. The molecule has 3 aromatic carbocycles. The Morgan fingerprint density at radius 3 is 2.41 bits per heavy atom. The quantitative estimate of drug-likeness (QED) is 0.617. The van der Waals surface area contributed by atoms with Crippen molar-refractivity contribution in [2.45, 2.75) is 25.3 Å². The number of nitrogens with zero attached hydrogens (tertiary/aromatic N) is 2. The van der Waals surface area contributed by atoms with Crippen LogP contribution in [0.5, 0.6) is 0 Å². The number of carbonyl (C=O) groups is 2. The van der Waals surface area contributed by atoms with Gasteiger partial charge in [-0.25, -0.2) is 4.90 Å². The summed E-state index contributed by atoms with van der Waals surface area (Å²) in [4.78, 5) is 29.6. The Balaban J connectivity index is 1.53. The highest BCUT2D eigenvalue weighted by atomic mass is 16.2. The zero-order valence-electron chi connectivity index (χ0n) is 16.1. The molecule has 2 heterocycles. The van der Waals surface area contributed by atoms with E-state index in [0.29, 0.717) is 11.3 Å². The topological polar surface area (TPSA) is 40.6 Å². The molecule has 0 N–H and O–H groups in total. The maximum Gasteiger partial charge on any atom is 0.263 e. The van der Waals surface area contributed by atoms with Gasteiger partial charge in [-0.1, -0.05) is 54.6 Å². The SMILES string of the molecule is O=C1C=C(C2CCCCN2c2cccc3ccccc23)C(=O)N1c1ccccc1. The molecule has 0 bridgehead atoms. The highest BCUT2D eigenvalue weighted by molar-refractivity contribution is 6.31. The van der Waals surface area contributed by atoms with Crippen molar-refractivity contribution in [3.63, 3.8) is 0 Å². The smallest absolute Gasteiger partial charge is 0.263 e. The molecule has 3 aromatic rings. The minimum Gasteiger partial charge on any atom is -0.364 e. The summed E-state index contributed by atoms with van der Waals surface area (Å²) < 4.78 is 0. The van der Waals surface area contributed by atoms with Crippen LogP contribution in [0.2, 0.25) is 0 Å². The summed E-state index contributed by atoms with van der Waals surface area (Å²) in [7, 11) is 0. The molecule has 4 nitrogen and oxygen atoms in total. The van der Waals surface area contributed by atoms with E-state index in [0.717, 1.165) is 31.5 Å². The van der Waals surface area contributed by atoms with Gasteiger partial charge in [0.2, 0.25) is 0 Å². The highest BCUT2D eigenvalue weighted by Gasteiger charge is 2.39. The fourth-order valence-corrected chi connectivity index (χ4v) is 4.55. The molecule has 1 saturated heterocycles. The summed E-state index contributed by atoms with van der Waals surface area (Å²) in [5, 5.41) is 2.36. The number of hydrogen-bond donors (Lipinski definition) is 0. The summed E-state index contributed by atoms with van der Waals surface area (Å²) in [5.41, 5.74) is 2.36. The Labute approximate surface area is 170 Å². The number of amides is 2. The van der Waals surface area contributed by atoms with Crippen molar-refractivity contribution in [2.75, 3.05) is 16.3 Å². The first-order valence-electron chi connectivity index (χ1n) is 10.1. The van der Waals surface area contributed by atoms with Gasteiger partial charge in [0.05, 0.1) is 11.7 Å². The molecule has 144 valence electrons. The number of carbonyl (C=O) groups excluding carboxylic acids is 2. The highest BCUT2D eigenvalue weighted by Crippen LogP contribution is 2.36. The minimum absolute atomic E-state index is 0.0836. The number of hydrogen-bond acceptors (Lipinski definition) is 3. The molecule has 0 spiro atoms. The van der Waals surface area contributed by atoms with Crippen LogP contribution < -0.4 is 9.80 Å². The van der Waals surface area contributed by atoms with E-state index < -0.39 is 0 Å². The van der Waals surface area contributed by atoms with Gasteiger partial charge in [0.25, 0.3) is 11.8 Å². The van der Waals surface area contributed by atoms with E-state index in [4.69, 9.17) is 0 Å². The average Bonchev–Trinajstić information content (AvgIpc) is 3.07. The van der Waals surface area contributed by atoms with E-state index in [1.54, 1.807) is 18.2 Å². The second kappa shape index (κ2) is 7.21. The van der Waals surface area contributed by atoms with Gasteiger partial charge >= 0.3 is 0 Å². The number of fused-ring (bicyclic) bond motifs is 1. The van der Waals surface area contributed by atoms with E-state index >= 15 is 0 Å². The first kappa shape index (κ1) is 17.7. The van der Waals surface area contributed by atoms with Gasteiger partial charge in [0, 0.05) is 29.3 Å². The van der Waals surface area contributed by atoms with Crippen molar-refractivity contribution < 1.29 is 9.59 Å². The monoisotopic (exact) mass is 382 g/mol. The molecule has 1 fully saturated rings.